The molecule has 0 radical (unpaired) electrons. The van der Waals surface area contributed by atoms with Gasteiger partial charge in [0.2, 0.25) is 0 Å². The van der Waals surface area contributed by atoms with Crippen LogP contribution in [0.5, 0.6) is 11.5 Å². The number of carbonyl (C=O) groups is 1. The Bertz CT molecular complexity index is 750. The summed E-state index contributed by atoms with van der Waals surface area (Å²) < 4.78 is 11.2. The van der Waals surface area contributed by atoms with Crippen LogP contribution < -0.4 is 9.47 Å². The largest absolute Gasteiger partial charge is 0.493 e. The van der Waals surface area contributed by atoms with Crippen LogP contribution in [0.3, 0.4) is 0 Å². The molecule has 7 heteroatoms. The number of carboxylic acid groups (broad SMARTS) is 1. The van der Waals surface area contributed by atoms with E-state index in [0.717, 1.165) is 11.1 Å². The SMILES string of the molecule is COc1cc(C(=O)O)cc(CSC)c1OCc1ccc(Cl)cc1Cl. The minimum absolute atomic E-state index is 0.160. The molecule has 0 heterocycles. The Labute approximate surface area is 154 Å². The molecule has 0 amide bonds. The third-order valence-electron chi connectivity index (χ3n) is 3.29. The number of halogens is 2. The Morgan fingerprint density at radius 1 is 1.21 bits per heavy atom. The van der Waals surface area contributed by atoms with Gasteiger partial charge in [0.15, 0.2) is 11.5 Å². The van der Waals surface area contributed by atoms with E-state index in [2.05, 4.69) is 0 Å². The fourth-order valence-electron chi connectivity index (χ4n) is 2.15. The molecule has 4 nitrogen and oxygen atoms in total. The van der Waals surface area contributed by atoms with Crippen molar-refractivity contribution < 1.29 is 19.4 Å². The molecule has 0 aliphatic carbocycles. The van der Waals surface area contributed by atoms with E-state index in [1.807, 2.05) is 6.26 Å². The van der Waals surface area contributed by atoms with Crippen LogP contribution in [0.25, 0.3) is 0 Å². The van der Waals surface area contributed by atoms with E-state index in [1.165, 1.54) is 13.2 Å². The molecule has 0 unspecified atom stereocenters. The molecule has 0 saturated heterocycles. The van der Waals surface area contributed by atoms with E-state index in [-0.39, 0.29) is 12.2 Å². The zero-order valence-electron chi connectivity index (χ0n) is 13.1. The molecule has 128 valence electrons. The molecule has 0 aliphatic rings. The van der Waals surface area contributed by atoms with Crippen LogP contribution >= 0.6 is 35.0 Å². The molecule has 0 atom stereocenters. The van der Waals surface area contributed by atoms with Gasteiger partial charge in [-0.2, -0.15) is 11.8 Å². The summed E-state index contributed by atoms with van der Waals surface area (Å²) in [5.74, 6) is 0.482. The Balaban J connectivity index is 2.35. The molecular formula is C17H16Cl2O4S. The summed E-state index contributed by atoms with van der Waals surface area (Å²) in [5.41, 5.74) is 1.69. The Morgan fingerprint density at radius 3 is 2.54 bits per heavy atom. The van der Waals surface area contributed by atoms with E-state index >= 15 is 0 Å². The fourth-order valence-corrected chi connectivity index (χ4v) is 3.14. The quantitative estimate of drug-likeness (QED) is 0.713. The molecule has 2 rings (SSSR count). The number of benzene rings is 2. The fraction of sp³-hybridized carbons (Fsp3) is 0.235. The molecule has 1 N–H and O–H groups in total. The van der Waals surface area contributed by atoms with Gasteiger partial charge in [0.25, 0.3) is 0 Å². The van der Waals surface area contributed by atoms with Gasteiger partial charge in [-0.05, 0) is 30.5 Å². The van der Waals surface area contributed by atoms with Gasteiger partial charge < -0.3 is 14.6 Å². The molecular weight excluding hydrogens is 371 g/mol. The molecule has 24 heavy (non-hydrogen) atoms. The molecule has 0 saturated carbocycles. The molecule has 0 aliphatic heterocycles. The van der Waals surface area contributed by atoms with Gasteiger partial charge in [-0.1, -0.05) is 29.3 Å². The maximum atomic E-state index is 11.3. The highest BCUT2D eigenvalue weighted by molar-refractivity contribution is 7.97. The van der Waals surface area contributed by atoms with Gasteiger partial charge in [0, 0.05) is 26.9 Å². The van der Waals surface area contributed by atoms with Crippen LogP contribution in [-0.4, -0.2) is 24.4 Å². The monoisotopic (exact) mass is 386 g/mol. The van der Waals surface area contributed by atoms with E-state index in [4.69, 9.17) is 32.7 Å². The molecule has 0 spiro atoms. The Hall–Kier alpha value is -1.56. The van der Waals surface area contributed by atoms with Crippen molar-refractivity contribution in [2.75, 3.05) is 13.4 Å². The molecule has 0 aromatic heterocycles. The molecule has 0 bridgehead atoms. The first kappa shape index (κ1) is 18.8. The van der Waals surface area contributed by atoms with Crippen molar-refractivity contribution in [3.05, 3.63) is 57.1 Å². The lowest BCUT2D eigenvalue weighted by molar-refractivity contribution is 0.0696. The Kier molecular flexibility index (Phi) is 6.66. The van der Waals surface area contributed by atoms with Crippen molar-refractivity contribution in [3.63, 3.8) is 0 Å². The van der Waals surface area contributed by atoms with Gasteiger partial charge in [0.1, 0.15) is 6.61 Å². The van der Waals surface area contributed by atoms with Crippen molar-refractivity contribution in [2.45, 2.75) is 12.4 Å². The standard InChI is InChI=1S/C17H16Cl2O4S/c1-22-15-6-11(17(20)21)5-12(9-24-2)16(15)23-8-10-3-4-13(18)7-14(10)19/h3-7H,8-9H2,1-2H3,(H,20,21). The summed E-state index contributed by atoms with van der Waals surface area (Å²) in [5, 5.41) is 10.3. The summed E-state index contributed by atoms with van der Waals surface area (Å²) in [6.45, 7) is 0.222. The van der Waals surface area contributed by atoms with Gasteiger partial charge >= 0.3 is 5.97 Å². The number of carboxylic acids is 1. The molecule has 0 fully saturated rings. The first-order valence-corrected chi connectivity index (χ1v) is 9.11. The second-order valence-corrected chi connectivity index (χ2v) is 6.64. The number of hydrogen-bond donors (Lipinski definition) is 1. The third-order valence-corrected chi connectivity index (χ3v) is 4.47. The number of methoxy groups -OCH3 is 1. The number of thioether (sulfide) groups is 1. The Morgan fingerprint density at radius 2 is 1.96 bits per heavy atom. The van der Waals surface area contributed by atoms with E-state index in [9.17, 15) is 9.90 Å². The van der Waals surface area contributed by atoms with Crippen LogP contribution in [-0.2, 0) is 12.4 Å². The maximum Gasteiger partial charge on any atom is 0.335 e. The lowest BCUT2D eigenvalue weighted by atomic mass is 10.1. The predicted molar refractivity (Wildman–Crippen MR) is 98.0 cm³/mol. The lowest BCUT2D eigenvalue weighted by Crippen LogP contribution is -2.05. The minimum atomic E-state index is -1.01. The normalized spacial score (nSPS) is 10.5. The zero-order chi connectivity index (χ0) is 17.7. The first-order chi connectivity index (χ1) is 11.5. The zero-order valence-corrected chi connectivity index (χ0v) is 15.5. The summed E-state index contributed by atoms with van der Waals surface area (Å²) in [6, 6.07) is 8.22. The van der Waals surface area contributed by atoms with Crippen molar-refractivity contribution in [1.82, 2.24) is 0 Å². The number of aromatic carboxylic acids is 1. The topological polar surface area (TPSA) is 55.8 Å². The predicted octanol–water partition coefficient (Wildman–Crippen LogP) is 5.14. The minimum Gasteiger partial charge on any atom is -0.493 e. The lowest BCUT2D eigenvalue weighted by Gasteiger charge is -2.16. The van der Waals surface area contributed by atoms with E-state index < -0.39 is 5.97 Å². The average molecular weight is 387 g/mol. The summed E-state index contributed by atoms with van der Waals surface area (Å²) in [7, 11) is 1.48. The van der Waals surface area contributed by atoms with Gasteiger partial charge in [-0.15, -0.1) is 0 Å². The third kappa shape index (κ3) is 4.50. The van der Waals surface area contributed by atoms with Crippen LogP contribution in [0.15, 0.2) is 30.3 Å². The summed E-state index contributed by atoms with van der Waals surface area (Å²) in [4.78, 5) is 11.3. The van der Waals surface area contributed by atoms with Gasteiger partial charge in [-0.25, -0.2) is 4.79 Å². The highest BCUT2D eigenvalue weighted by Crippen LogP contribution is 2.36. The number of hydrogen-bond acceptors (Lipinski definition) is 4. The number of ether oxygens (including phenoxy) is 2. The van der Waals surface area contributed by atoms with E-state index in [1.54, 1.807) is 36.0 Å². The van der Waals surface area contributed by atoms with Crippen molar-refractivity contribution in [1.29, 1.82) is 0 Å². The van der Waals surface area contributed by atoms with Crippen molar-refractivity contribution >= 4 is 40.9 Å². The molecule has 2 aromatic rings. The first-order valence-electron chi connectivity index (χ1n) is 6.96. The van der Waals surface area contributed by atoms with Crippen LogP contribution in [0, 0.1) is 0 Å². The van der Waals surface area contributed by atoms with Crippen LogP contribution in [0.1, 0.15) is 21.5 Å². The summed E-state index contributed by atoms with van der Waals surface area (Å²) >= 11 is 13.6. The summed E-state index contributed by atoms with van der Waals surface area (Å²) in [6.07, 6.45) is 1.93. The van der Waals surface area contributed by atoms with Gasteiger partial charge in [0.05, 0.1) is 12.7 Å². The maximum absolute atomic E-state index is 11.3. The average Bonchev–Trinajstić information content (AvgIpc) is 2.54. The van der Waals surface area contributed by atoms with Gasteiger partial charge in [-0.3, -0.25) is 0 Å². The van der Waals surface area contributed by atoms with E-state index in [0.29, 0.717) is 27.3 Å². The second-order valence-electron chi connectivity index (χ2n) is 4.93. The smallest absolute Gasteiger partial charge is 0.335 e. The van der Waals surface area contributed by atoms with Crippen molar-refractivity contribution in [3.8, 4) is 11.5 Å². The second kappa shape index (κ2) is 8.51. The molecule has 2 aromatic carbocycles. The van der Waals surface area contributed by atoms with Crippen LogP contribution in [0.4, 0.5) is 0 Å². The highest BCUT2D eigenvalue weighted by Gasteiger charge is 2.17. The van der Waals surface area contributed by atoms with Crippen molar-refractivity contribution in [2.24, 2.45) is 0 Å². The van der Waals surface area contributed by atoms with Crippen LogP contribution in [0.2, 0.25) is 10.0 Å². The highest BCUT2D eigenvalue weighted by atomic mass is 35.5. The number of rotatable bonds is 7.